The number of hydrogen-bond acceptors (Lipinski definition) is 6. The van der Waals surface area contributed by atoms with Crippen LogP contribution >= 0.6 is 0 Å². The van der Waals surface area contributed by atoms with Crippen LogP contribution in [-0.2, 0) is 22.6 Å². The van der Waals surface area contributed by atoms with E-state index < -0.39 is 12.1 Å². The Morgan fingerprint density at radius 1 is 1.11 bits per heavy atom. The third kappa shape index (κ3) is 6.84. The van der Waals surface area contributed by atoms with Crippen molar-refractivity contribution in [3.63, 3.8) is 0 Å². The number of alkyl carbamates (subject to hydrolysis) is 1. The monoisotopic (exact) mass is 474 g/mol. The third-order valence-corrected chi connectivity index (χ3v) is 5.43. The van der Waals surface area contributed by atoms with Crippen molar-refractivity contribution in [2.75, 3.05) is 12.3 Å². The van der Waals surface area contributed by atoms with Crippen LogP contribution in [0.3, 0.4) is 0 Å². The molecule has 2 aromatic carbocycles. The Hall–Kier alpha value is -4.32. The summed E-state index contributed by atoms with van der Waals surface area (Å²) in [5.41, 5.74) is 8.68. The molecule has 0 saturated carbocycles. The summed E-state index contributed by atoms with van der Waals surface area (Å²) >= 11 is 0. The summed E-state index contributed by atoms with van der Waals surface area (Å²) in [6.07, 6.45) is 0.365. The molecular weight excluding hydrogens is 444 g/mol. The number of carbonyl (C=O) groups excluding carboxylic acids is 2. The minimum atomic E-state index is -0.735. The Bertz CT molecular complexity index is 1170. The maximum Gasteiger partial charge on any atom is 0.408 e. The molecule has 0 bridgehead atoms. The van der Waals surface area contributed by atoms with E-state index in [1.807, 2.05) is 74.5 Å². The zero-order valence-electron chi connectivity index (χ0n) is 19.9. The number of ether oxygens (including phenoxy) is 1. The summed E-state index contributed by atoms with van der Waals surface area (Å²) in [6, 6.07) is 20.1. The quantitative estimate of drug-likeness (QED) is 0.386. The molecule has 0 aliphatic rings. The first-order chi connectivity index (χ1) is 16.9. The van der Waals surface area contributed by atoms with E-state index in [-0.39, 0.29) is 24.2 Å². The lowest BCUT2D eigenvalue weighted by Crippen LogP contribution is -2.50. The Balaban J connectivity index is 1.51. The van der Waals surface area contributed by atoms with Crippen molar-refractivity contribution in [3.8, 4) is 11.8 Å². The van der Waals surface area contributed by atoms with Crippen molar-refractivity contribution < 1.29 is 14.3 Å². The Labute approximate surface area is 204 Å². The summed E-state index contributed by atoms with van der Waals surface area (Å²) in [7, 11) is 0. The van der Waals surface area contributed by atoms with Crippen molar-refractivity contribution in [1.82, 2.24) is 20.4 Å². The molecule has 0 fully saturated rings. The van der Waals surface area contributed by atoms with Crippen molar-refractivity contribution in [1.29, 1.82) is 5.26 Å². The summed E-state index contributed by atoms with van der Waals surface area (Å²) in [5.74, 6) is -0.145. The van der Waals surface area contributed by atoms with E-state index in [1.165, 1.54) is 0 Å². The second-order valence-electron chi connectivity index (χ2n) is 8.39. The van der Waals surface area contributed by atoms with Crippen LogP contribution < -0.4 is 16.4 Å². The van der Waals surface area contributed by atoms with Crippen LogP contribution in [0.4, 0.5) is 10.6 Å². The smallest absolute Gasteiger partial charge is 0.408 e. The van der Waals surface area contributed by atoms with Gasteiger partial charge in [-0.05, 0) is 36.5 Å². The van der Waals surface area contributed by atoms with Gasteiger partial charge in [0.2, 0.25) is 5.91 Å². The van der Waals surface area contributed by atoms with E-state index in [1.54, 1.807) is 4.68 Å². The molecule has 182 valence electrons. The van der Waals surface area contributed by atoms with E-state index in [4.69, 9.17) is 10.5 Å². The lowest BCUT2D eigenvalue weighted by Gasteiger charge is -2.21. The number of para-hydroxylation sites is 1. The molecule has 9 nitrogen and oxygen atoms in total. The molecule has 1 aromatic heterocycles. The highest BCUT2D eigenvalue weighted by atomic mass is 16.5. The van der Waals surface area contributed by atoms with Gasteiger partial charge in [-0.2, -0.15) is 10.4 Å². The van der Waals surface area contributed by atoms with Crippen molar-refractivity contribution >= 4 is 17.8 Å². The van der Waals surface area contributed by atoms with Gasteiger partial charge in [-0.3, -0.25) is 4.79 Å². The van der Waals surface area contributed by atoms with E-state index in [9.17, 15) is 14.9 Å². The number of aromatic nitrogens is 2. The topological polar surface area (TPSA) is 135 Å². The van der Waals surface area contributed by atoms with Gasteiger partial charge < -0.3 is 21.1 Å². The molecule has 1 atom stereocenters. The Kier molecular flexibility index (Phi) is 8.84. The number of carbonyl (C=O) groups is 2. The number of amides is 2. The normalized spacial score (nSPS) is 11.5. The standard InChI is InChI=1S/C26H30N6O3/c1-18(2)23(30-26(34)35-17-19-10-5-3-6-11-19)25(33)29-15-9-14-22-21(16-27)24(28)32(31-22)20-12-7-4-8-13-20/h3-8,10-13,18,23H,9,14-15,17,28H2,1-2H3,(H,29,33)(H,30,34)/t23-/m0/s1. The van der Waals surface area contributed by atoms with Crippen LogP contribution in [0.25, 0.3) is 5.69 Å². The van der Waals surface area contributed by atoms with Gasteiger partial charge >= 0.3 is 6.09 Å². The highest BCUT2D eigenvalue weighted by molar-refractivity contribution is 5.85. The average molecular weight is 475 g/mol. The molecule has 4 N–H and O–H groups in total. The van der Waals surface area contributed by atoms with E-state index in [0.717, 1.165) is 11.3 Å². The van der Waals surface area contributed by atoms with E-state index >= 15 is 0 Å². The van der Waals surface area contributed by atoms with E-state index in [0.29, 0.717) is 30.6 Å². The number of nitriles is 1. The van der Waals surface area contributed by atoms with Gasteiger partial charge in [0, 0.05) is 6.54 Å². The minimum Gasteiger partial charge on any atom is -0.445 e. The van der Waals surface area contributed by atoms with Crippen LogP contribution in [0.15, 0.2) is 60.7 Å². The molecule has 2 amide bonds. The molecule has 0 radical (unpaired) electrons. The second-order valence-corrected chi connectivity index (χ2v) is 8.39. The van der Waals surface area contributed by atoms with E-state index in [2.05, 4.69) is 21.8 Å². The van der Waals surface area contributed by atoms with Gasteiger partial charge in [0.25, 0.3) is 0 Å². The summed E-state index contributed by atoms with van der Waals surface area (Å²) in [5, 5.41) is 19.5. The first-order valence-corrected chi connectivity index (χ1v) is 11.5. The van der Waals surface area contributed by atoms with Crippen LogP contribution in [-0.4, -0.2) is 34.4 Å². The number of hydrogen-bond donors (Lipinski definition) is 3. The van der Waals surface area contributed by atoms with Crippen LogP contribution in [0, 0.1) is 17.2 Å². The number of anilines is 1. The van der Waals surface area contributed by atoms with Gasteiger partial charge in [-0.15, -0.1) is 0 Å². The molecule has 3 aromatic rings. The van der Waals surface area contributed by atoms with Gasteiger partial charge in [0.05, 0.1) is 11.4 Å². The Morgan fingerprint density at radius 3 is 2.40 bits per heavy atom. The maximum absolute atomic E-state index is 12.7. The highest BCUT2D eigenvalue weighted by Crippen LogP contribution is 2.21. The second kappa shape index (κ2) is 12.2. The fraction of sp³-hybridized carbons (Fsp3) is 0.308. The zero-order valence-corrected chi connectivity index (χ0v) is 19.9. The fourth-order valence-electron chi connectivity index (χ4n) is 3.55. The predicted octanol–water partition coefficient (Wildman–Crippen LogP) is 3.33. The number of nitrogens with zero attached hydrogens (tertiary/aromatic N) is 3. The SMILES string of the molecule is CC(C)[C@H](NC(=O)OCc1ccccc1)C(=O)NCCCc1nn(-c2ccccc2)c(N)c1C#N. The van der Waals surface area contributed by atoms with Crippen LogP contribution in [0.2, 0.25) is 0 Å². The number of aryl methyl sites for hydroxylation is 1. The molecule has 9 heteroatoms. The van der Waals surface area contributed by atoms with Gasteiger partial charge in [-0.1, -0.05) is 62.4 Å². The van der Waals surface area contributed by atoms with Gasteiger partial charge in [0.1, 0.15) is 30.1 Å². The predicted molar refractivity (Wildman–Crippen MR) is 132 cm³/mol. The lowest BCUT2D eigenvalue weighted by atomic mass is 10.0. The summed E-state index contributed by atoms with van der Waals surface area (Å²) in [4.78, 5) is 24.9. The maximum atomic E-state index is 12.7. The largest absolute Gasteiger partial charge is 0.445 e. The van der Waals surface area contributed by atoms with Crippen molar-refractivity contribution in [2.45, 2.75) is 39.3 Å². The highest BCUT2D eigenvalue weighted by Gasteiger charge is 2.24. The lowest BCUT2D eigenvalue weighted by molar-refractivity contribution is -0.124. The molecule has 0 aliphatic heterocycles. The van der Waals surface area contributed by atoms with Gasteiger partial charge in [-0.25, -0.2) is 9.48 Å². The van der Waals surface area contributed by atoms with Gasteiger partial charge in [0.15, 0.2) is 0 Å². The number of nitrogen functional groups attached to an aromatic ring is 1. The fourth-order valence-corrected chi connectivity index (χ4v) is 3.55. The first kappa shape index (κ1) is 25.3. The zero-order chi connectivity index (χ0) is 25.2. The molecule has 35 heavy (non-hydrogen) atoms. The molecule has 3 rings (SSSR count). The molecule has 1 heterocycles. The molecule has 0 unspecified atom stereocenters. The average Bonchev–Trinajstić information content (AvgIpc) is 3.19. The third-order valence-electron chi connectivity index (χ3n) is 5.43. The minimum absolute atomic E-state index is 0.124. The molecular formula is C26H30N6O3. The number of nitrogens with one attached hydrogen (secondary N) is 2. The van der Waals surface area contributed by atoms with Crippen molar-refractivity contribution in [2.24, 2.45) is 5.92 Å². The Morgan fingerprint density at radius 2 is 1.77 bits per heavy atom. The molecule has 0 aliphatic carbocycles. The number of rotatable bonds is 10. The first-order valence-electron chi connectivity index (χ1n) is 11.5. The van der Waals surface area contributed by atoms with Crippen LogP contribution in [0.5, 0.6) is 0 Å². The number of benzene rings is 2. The summed E-state index contributed by atoms with van der Waals surface area (Å²) in [6.45, 7) is 4.17. The van der Waals surface area contributed by atoms with Crippen molar-refractivity contribution in [3.05, 3.63) is 77.5 Å². The number of nitrogens with two attached hydrogens (primary N) is 1. The summed E-state index contributed by atoms with van der Waals surface area (Å²) < 4.78 is 6.78. The van der Waals surface area contributed by atoms with Crippen LogP contribution in [0.1, 0.15) is 37.1 Å². The molecule has 0 saturated heterocycles. The molecule has 0 spiro atoms.